The first kappa shape index (κ1) is 14.6. The summed E-state index contributed by atoms with van der Waals surface area (Å²) in [6, 6.07) is 4.60. The lowest BCUT2D eigenvalue weighted by Gasteiger charge is -2.35. The molecule has 0 heterocycles. The van der Waals surface area contributed by atoms with Gasteiger partial charge < -0.3 is 5.11 Å². The molecule has 1 aliphatic rings. The van der Waals surface area contributed by atoms with Crippen molar-refractivity contribution in [3.63, 3.8) is 0 Å². The van der Waals surface area contributed by atoms with Gasteiger partial charge in [0, 0.05) is 0 Å². The molecule has 0 saturated heterocycles. The van der Waals surface area contributed by atoms with E-state index in [1.54, 1.807) is 5.56 Å². The summed E-state index contributed by atoms with van der Waals surface area (Å²) in [7, 11) is 0. The van der Waals surface area contributed by atoms with E-state index in [1.807, 2.05) is 13.8 Å². The summed E-state index contributed by atoms with van der Waals surface area (Å²) in [6.45, 7) is 10.7. The van der Waals surface area contributed by atoms with E-state index in [0.717, 1.165) is 12.8 Å². The molecule has 0 amide bonds. The highest BCUT2D eigenvalue weighted by molar-refractivity contribution is 5.45. The van der Waals surface area contributed by atoms with Crippen LogP contribution >= 0.6 is 0 Å². The van der Waals surface area contributed by atoms with Crippen LogP contribution in [0, 0.1) is 6.92 Å². The summed E-state index contributed by atoms with van der Waals surface area (Å²) in [5.74, 6) is 0. The average Bonchev–Trinajstić information content (AvgIpc) is 2.25. The number of rotatable bonds is 3. The fourth-order valence-corrected chi connectivity index (χ4v) is 3.35. The van der Waals surface area contributed by atoms with Gasteiger partial charge in [-0.1, -0.05) is 26.0 Å². The van der Waals surface area contributed by atoms with Crippen molar-refractivity contribution in [2.45, 2.75) is 77.7 Å². The minimum absolute atomic E-state index is 0.310. The zero-order chi connectivity index (χ0) is 14.3. The maximum atomic E-state index is 9.98. The van der Waals surface area contributed by atoms with Gasteiger partial charge in [-0.15, -0.1) is 0 Å². The molecular weight excluding hydrogens is 232 g/mol. The average molecular weight is 260 g/mol. The Morgan fingerprint density at radius 3 is 2.58 bits per heavy atom. The number of benzene rings is 1. The molecule has 0 atom stereocenters. The first-order valence-electron chi connectivity index (χ1n) is 7.55. The number of aryl methyl sites for hydroxylation is 1. The molecule has 0 aromatic heterocycles. The zero-order valence-corrected chi connectivity index (χ0v) is 13.1. The fourth-order valence-electron chi connectivity index (χ4n) is 3.35. The van der Waals surface area contributed by atoms with Crippen molar-refractivity contribution in [1.29, 1.82) is 0 Å². The summed E-state index contributed by atoms with van der Waals surface area (Å²) in [4.78, 5) is 0. The van der Waals surface area contributed by atoms with Gasteiger partial charge in [-0.2, -0.15) is 0 Å². The maximum absolute atomic E-state index is 9.98. The normalized spacial score (nSPS) is 18.2. The third-order valence-corrected chi connectivity index (χ3v) is 4.61. The molecule has 0 unspecified atom stereocenters. The molecule has 0 aliphatic heterocycles. The van der Waals surface area contributed by atoms with Crippen molar-refractivity contribution < 1.29 is 5.11 Å². The lowest BCUT2D eigenvalue weighted by Crippen LogP contribution is -2.26. The second-order valence-electron chi connectivity index (χ2n) is 7.44. The molecule has 0 fully saturated rings. The lowest BCUT2D eigenvalue weighted by molar-refractivity contribution is 0.0713. The number of fused-ring (bicyclic) bond motifs is 1. The first-order chi connectivity index (χ1) is 8.71. The van der Waals surface area contributed by atoms with Crippen molar-refractivity contribution in [3.8, 4) is 0 Å². The Bertz CT molecular complexity index is 463. The topological polar surface area (TPSA) is 20.2 Å². The summed E-state index contributed by atoms with van der Waals surface area (Å²) in [5.41, 5.74) is 5.73. The van der Waals surface area contributed by atoms with Crippen LogP contribution in [-0.4, -0.2) is 10.7 Å². The van der Waals surface area contributed by atoms with E-state index in [4.69, 9.17) is 0 Å². The van der Waals surface area contributed by atoms with Crippen molar-refractivity contribution in [2.75, 3.05) is 0 Å². The van der Waals surface area contributed by atoms with Gasteiger partial charge in [0.25, 0.3) is 0 Å². The van der Waals surface area contributed by atoms with Crippen LogP contribution in [0.2, 0.25) is 0 Å². The van der Waals surface area contributed by atoms with Gasteiger partial charge in [0.15, 0.2) is 0 Å². The second-order valence-corrected chi connectivity index (χ2v) is 7.44. The van der Waals surface area contributed by atoms with E-state index in [1.165, 1.54) is 36.0 Å². The molecule has 1 N–H and O–H groups in total. The quantitative estimate of drug-likeness (QED) is 0.858. The predicted molar refractivity (Wildman–Crippen MR) is 81.8 cm³/mol. The number of hydrogen-bond donors (Lipinski definition) is 1. The van der Waals surface area contributed by atoms with Gasteiger partial charge in [-0.3, -0.25) is 0 Å². The van der Waals surface area contributed by atoms with Gasteiger partial charge in [0.1, 0.15) is 0 Å². The van der Waals surface area contributed by atoms with Gasteiger partial charge in [0.05, 0.1) is 5.60 Å². The minimum atomic E-state index is -0.570. The third kappa shape index (κ3) is 3.20. The standard InChI is InChI=1S/C18H28O/c1-13-8-9-16-15(7-6-11-17(16,2)3)14(13)10-12-18(4,5)19/h8-9,19H,6-7,10-12H2,1-5H3. The Balaban J connectivity index is 2.38. The van der Waals surface area contributed by atoms with Crippen LogP contribution in [0.1, 0.15) is 69.2 Å². The SMILES string of the molecule is Cc1ccc2c(c1CCC(C)(C)O)CCCC2(C)C. The van der Waals surface area contributed by atoms with Gasteiger partial charge in [-0.05, 0) is 80.5 Å². The van der Waals surface area contributed by atoms with Gasteiger partial charge in [-0.25, -0.2) is 0 Å². The van der Waals surface area contributed by atoms with Crippen molar-refractivity contribution >= 4 is 0 Å². The molecule has 0 bridgehead atoms. The van der Waals surface area contributed by atoms with Crippen molar-refractivity contribution in [1.82, 2.24) is 0 Å². The highest BCUT2D eigenvalue weighted by Gasteiger charge is 2.29. The van der Waals surface area contributed by atoms with Crippen LogP contribution in [-0.2, 0) is 18.3 Å². The molecule has 19 heavy (non-hydrogen) atoms. The van der Waals surface area contributed by atoms with E-state index in [9.17, 15) is 5.11 Å². The molecule has 0 spiro atoms. The molecule has 2 rings (SSSR count). The molecule has 1 aromatic rings. The van der Waals surface area contributed by atoms with E-state index < -0.39 is 5.60 Å². The van der Waals surface area contributed by atoms with Crippen LogP contribution in [0.25, 0.3) is 0 Å². The van der Waals surface area contributed by atoms with Crippen molar-refractivity contribution in [3.05, 3.63) is 34.4 Å². The molecular formula is C18H28O. The fraction of sp³-hybridized carbons (Fsp3) is 0.667. The highest BCUT2D eigenvalue weighted by Crippen LogP contribution is 2.39. The Labute approximate surface area is 118 Å². The summed E-state index contributed by atoms with van der Waals surface area (Å²) in [5, 5.41) is 9.98. The van der Waals surface area contributed by atoms with E-state index in [0.29, 0.717) is 5.41 Å². The molecule has 0 radical (unpaired) electrons. The predicted octanol–water partition coefficient (Wildman–Crippen LogP) is 4.31. The monoisotopic (exact) mass is 260 g/mol. The molecule has 0 saturated carbocycles. The van der Waals surface area contributed by atoms with Crippen LogP contribution in [0.3, 0.4) is 0 Å². The van der Waals surface area contributed by atoms with Crippen LogP contribution in [0.4, 0.5) is 0 Å². The Hall–Kier alpha value is -0.820. The second kappa shape index (κ2) is 4.94. The minimum Gasteiger partial charge on any atom is -0.390 e. The van der Waals surface area contributed by atoms with Crippen molar-refractivity contribution in [2.24, 2.45) is 0 Å². The van der Waals surface area contributed by atoms with Crippen LogP contribution in [0.5, 0.6) is 0 Å². The third-order valence-electron chi connectivity index (χ3n) is 4.61. The highest BCUT2D eigenvalue weighted by atomic mass is 16.3. The summed E-state index contributed by atoms with van der Waals surface area (Å²) < 4.78 is 0. The number of aliphatic hydroxyl groups is 1. The van der Waals surface area contributed by atoms with Gasteiger partial charge in [0.2, 0.25) is 0 Å². The Kier molecular flexibility index (Phi) is 3.79. The maximum Gasteiger partial charge on any atom is 0.0594 e. The first-order valence-corrected chi connectivity index (χ1v) is 7.55. The van der Waals surface area contributed by atoms with Gasteiger partial charge >= 0.3 is 0 Å². The largest absolute Gasteiger partial charge is 0.390 e. The van der Waals surface area contributed by atoms with E-state index in [-0.39, 0.29) is 0 Å². The molecule has 1 aromatic carbocycles. The van der Waals surface area contributed by atoms with Crippen LogP contribution < -0.4 is 0 Å². The Morgan fingerprint density at radius 2 is 1.95 bits per heavy atom. The molecule has 1 heteroatoms. The van der Waals surface area contributed by atoms with E-state index in [2.05, 4.69) is 32.9 Å². The van der Waals surface area contributed by atoms with Crippen LogP contribution in [0.15, 0.2) is 12.1 Å². The molecule has 1 aliphatic carbocycles. The molecule has 1 nitrogen and oxygen atoms in total. The smallest absolute Gasteiger partial charge is 0.0594 e. The summed E-state index contributed by atoms with van der Waals surface area (Å²) >= 11 is 0. The lowest BCUT2D eigenvalue weighted by atomic mass is 9.70. The number of hydrogen-bond acceptors (Lipinski definition) is 1. The van der Waals surface area contributed by atoms with E-state index >= 15 is 0 Å². The molecule has 106 valence electrons. The summed E-state index contributed by atoms with van der Waals surface area (Å²) in [6.07, 6.45) is 5.62. The Morgan fingerprint density at radius 1 is 1.26 bits per heavy atom. The zero-order valence-electron chi connectivity index (χ0n) is 13.1.